The number of hydrogen-bond donors (Lipinski definition) is 0. The Morgan fingerprint density at radius 2 is 0.546 bits per heavy atom. The van der Waals surface area contributed by atoms with E-state index < -0.39 is 0 Å². The minimum Gasteiger partial charge on any atom is -0.309 e. The zero-order valence-electron chi connectivity index (χ0n) is 74.9. The molecule has 25 rings (SSSR count). The Kier molecular flexibility index (Phi) is 18.8. The standard InChI is InChI=1S/C45H35N3S.C39H31N3S.C36H29NS/c1-44(2)36-25-24-34-33-20-11-12-21-38(33)49-40(34)39(36)35-23-22-31(27-37(35)45(44,3)4)30-18-13-19-32(26-30)43-47-41(28-14-7-5-8-15-28)46-42(48-43)29-16-9-6-10-17-29;1-38(2)31-21-26(37-41-35(24-13-7-5-8-14-24)40-36(42-37)25-15-9-6-10-16-25)19-20-27(31)29-22-30-28-17-11-12-18-33(28)43-34(30)23-32(29)39(38,3)4;1-35(2)29-21-22(37-30-14-8-5-11-24(30)25-12-6-9-15-31(25)37)17-18-23(29)27-19-20-28-26-13-7-10-16-32(26)38-34(28)33(27)36(35,3)4/h5-27H,1-4H3;5-23H,1-4H3;5-21H,1-4H3. The van der Waals surface area contributed by atoms with E-state index in [1.165, 1.54) is 160 Å². The van der Waals surface area contributed by atoms with Crippen LogP contribution in [0, 0.1) is 0 Å². The fraction of sp³-hybridized carbons (Fsp3) is 0.150. The smallest absolute Gasteiger partial charge is 0.164 e. The SMILES string of the molecule is CC1(C)c2cc(-c3cccc(-c4nc(-c5ccccc5)nc(-c5ccccc5)n4)c3)ccc2-c2c(ccc3c2sc2ccccc23)C1(C)C.CC1(C)c2cc(-c3nc(-c4ccccc4)nc(-c4ccccc4)n3)ccc2-c2cc3c(cc2C1(C)C)sc1ccccc13.CC1(C)c2cc(-n3c4ccccc4c4ccccc43)ccc2-c2ccc3c(sc4ccccc43)c2C1(C)C. The van der Waals surface area contributed by atoms with Crippen molar-refractivity contribution in [3.63, 3.8) is 0 Å². The van der Waals surface area contributed by atoms with Gasteiger partial charge in [-0.1, -0.05) is 368 Å². The summed E-state index contributed by atoms with van der Waals surface area (Å²) in [6, 6.07) is 129. The highest BCUT2D eigenvalue weighted by Crippen LogP contribution is 2.61. The minimum absolute atomic E-state index is 0.0465. The van der Waals surface area contributed by atoms with E-state index in [-0.39, 0.29) is 32.5 Å². The van der Waals surface area contributed by atoms with Gasteiger partial charge in [0, 0.05) is 121 Å². The van der Waals surface area contributed by atoms with Crippen molar-refractivity contribution in [1.82, 2.24) is 34.5 Å². The van der Waals surface area contributed by atoms with Gasteiger partial charge in [-0.25, -0.2) is 29.9 Å². The van der Waals surface area contributed by atoms with Gasteiger partial charge in [0.25, 0.3) is 0 Å². The summed E-state index contributed by atoms with van der Waals surface area (Å²) < 4.78 is 10.7. The molecule has 0 fully saturated rings. The maximum atomic E-state index is 5.02. The largest absolute Gasteiger partial charge is 0.309 e. The molecule has 0 bridgehead atoms. The number of rotatable bonds is 8. The predicted octanol–water partition coefficient (Wildman–Crippen LogP) is 33.0. The number of aromatic nitrogens is 7. The molecular formula is C120H95N7S3. The number of fused-ring (bicyclic) bond motifs is 23. The Balaban J connectivity index is 0.000000112. The summed E-state index contributed by atoms with van der Waals surface area (Å²) in [5, 5.41) is 10.7. The van der Waals surface area contributed by atoms with Crippen LogP contribution in [-0.2, 0) is 32.5 Å². The van der Waals surface area contributed by atoms with Gasteiger partial charge >= 0.3 is 0 Å². The van der Waals surface area contributed by atoms with Crippen molar-refractivity contribution in [3.05, 3.63) is 391 Å². The Bertz CT molecular complexity index is 8180. The summed E-state index contributed by atoms with van der Waals surface area (Å²) in [4.78, 5) is 29.8. The lowest BCUT2D eigenvalue weighted by Gasteiger charge is -2.48. The summed E-state index contributed by atoms with van der Waals surface area (Å²) in [6.07, 6.45) is 0. The number of para-hydroxylation sites is 2. The first-order valence-corrected chi connectivity index (χ1v) is 47.6. The van der Waals surface area contributed by atoms with Crippen LogP contribution in [0.4, 0.5) is 0 Å². The Labute approximate surface area is 770 Å². The van der Waals surface area contributed by atoms with Gasteiger partial charge in [0.2, 0.25) is 0 Å². The summed E-state index contributed by atoms with van der Waals surface area (Å²) in [5.41, 5.74) is 28.0. The van der Waals surface area contributed by atoms with Crippen LogP contribution in [-0.4, -0.2) is 34.5 Å². The molecular weight excluding hydrogens is 1640 g/mol. The van der Waals surface area contributed by atoms with Crippen LogP contribution in [0.15, 0.2) is 358 Å². The third-order valence-corrected chi connectivity index (χ3v) is 33.7. The van der Waals surface area contributed by atoms with Crippen molar-refractivity contribution in [2.75, 3.05) is 0 Å². The second-order valence-electron chi connectivity index (χ2n) is 38.4. The minimum atomic E-state index is -0.132. The lowest BCUT2D eigenvalue weighted by molar-refractivity contribution is 0.299. The molecule has 0 amide bonds. The van der Waals surface area contributed by atoms with Gasteiger partial charge in [-0.2, -0.15) is 0 Å². The second kappa shape index (κ2) is 30.3. The van der Waals surface area contributed by atoms with Crippen LogP contribution < -0.4 is 0 Å². The monoisotopic (exact) mass is 1730 g/mol. The lowest BCUT2D eigenvalue weighted by Crippen LogP contribution is -2.43. The fourth-order valence-corrected chi connectivity index (χ4v) is 24.8. The van der Waals surface area contributed by atoms with E-state index in [9.17, 15) is 0 Å². The first kappa shape index (κ1) is 80.6. The molecule has 0 spiro atoms. The molecule has 7 nitrogen and oxygen atoms in total. The van der Waals surface area contributed by atoms with E-state index in [0.717, 1.165) is 38.9 Å². The van der Waals surface area contributed by atoms with Crippen LogP contribution in [0.1, 0.15) is 116 Å². The fourth-order valence-electron chi connectivity index (χ4n) is 20.9. The van der Waals surface area contributed by atoms with Gasteiger partial charge < -0.3 is 4.57 Å². The van der Waals surface area contributed by atoms with Gasteiger partial charge in [-0.3, -0.25) is 0 Å². The van der Waals surface area contributed by atoms with Crippen LogP contribution in [0.5, 0.6) is 0 Å². The van der Waals surface area contributed by atoms with Gasteiger partial charge in [-0.15, -0.1) is 34.0 Å². The van der Waals surface area contributed by atoms with Crippen LogP contribution in [0.3, 0.4) is 0 Å². The van der Waals surface area contributed by atoms with Crippen molar-refractivity contribution in [1.29, 1.82) is 0 Å². The molecule has 0 unspecified atom stereocenters. The lowest BCUT2D eigenvalue weighted by atomic mass is 9.55. The molecule has 6 heterocycles. The summed E-state index contributed by atoms with van der Waals surface area (Å²) in [6.45, 7) is 29.0. The van der Waals surface area contributed by atoms with Gasteiger partial charge in [-0.05, 0) is 172 Å². The molecule has 16 aromatic carbocycles. The molecule has 130 heavy (non-hydrogen) atoms. The number of thiophene rings is 3. The molecule has 22 aromatic rings. The van der Waals surface area contributed by atoms with Crippen LogP contribution in [0.25, 0.3) is 201 Å². The van der Waals surface area contributed by atoms with Crippen molar-refractivity contribution >= 4 is 116 Å². The number of benzene rings is 16. The molecule has 0 radical (unpaired) electrons. The van der Waals surface area contributed by atoms with Gasteiger partial charge in [0.15, 0.2) is 34.9 Å². The maximum Gasteiger partial charge on any atom is 0.164 e. The number of hydrogen-bond acceptors (Lipinski definition) is 9. The van der Waals surface area contributed by atoms with E-state index >= 15 is 0 Å². The average molecular weight is 1730 g/mol. The normalized spacial score (nSPS) is 15.0. The second-order valence-corrected chi connectivity index (χ2v) is 41.6. The zero-order chi connectivity index (χ0) is 88.5. The molecule has 0 saturated heterocycles. The van der Waals surface area contributed by atoms with Crippen molar-refractivity contribution in [2.24, 2.45) is 0 Å². The molecule has 0 saturated carbocycles. The first-order valence-electron chi connectivity index (χ1n) is 45.1. The van der Waals surface area contributed by atoms with E-state index in [2.05, 4.69) is 349 Å². The predicted molar refractivity (Wildman–Crippen MR) is 552 cm³/mol. The van der Waals surface area contributed by atoms with Gasteiger partial charge in [0.05, 0.1) is 11.0 Å². The van der Waals surface area contributed by atoms with Crippen molar-refractivity contribution in [3.8, 4) is 119 Å². The Morgan fingerprint density at radius 1 is 0.200 bits per heavy atom. The van der Waals surface area contributed by atoms with E-state index in [1.54, 1.807) is 0 Å². The Morgan fingerprint density at radius 3 is 1.08 bits per heavy atom. The molecule has 6 aromatic heterocycles. The zero-order valence-corrected chi connectivity index (χ0v) is 77.4. The highest BCUT2D eigenvalue weighted by molar-refractivity contribution is 7.27. The summed E-state index contributed by atoms with van der Waals surface area (Å²) in [5.74, 6) is 4.04. The van der Waals surface area contributed by atoms with Gasteiger partial charge in [0.1, 0.15) is 0 Å². The van der Waals surface area contributed by atoms with Crippen molar-refractivity contribution < 1.29 is 0 Å². The maximum absolute atomic E-state index is 5.02. The van der Waals surface area contributed by atoms with E-state index in [4.69, 9.17) is 29.9 Å². The van der Waals surface area contributed by atoms with Crippen molar-refractivity contribution in [2.45, 2.75) is 116 Å². The molecule has 3 aliphatic rings. The molecule has 3 aliphatic carbocycles. The molecule has 0 atom stereocenters. The number of nitrogens with zero attached hydrogens (tertiary/aromatic N) is 7. The highest BCUT2D eigenvalue weighted by atomic mass is 32.1. The van der Waals surface area contributed by atoms with Crippen LogP contribution >= 0.6 is 34.0 Å². The first-order chi connectivity index (χ1) is 63.0. The van der Waals surface area contributed by atoms with E-state index in [0.29, 0.717) is 34.9 Å². The topological polar surface area (TPSA) is 82.3 Å². The third kappa shape index (κ3) is 12.7. The Hall–Kier alpha value is -14.0. The van der Waals surface area contributed by atoms with E-state index in [1.807, 2.05) is 131 Å². The molecule has 0 aliphatic heterocycles. The quantitative estimate of drug-likeness (QED) is 0.151. The summed E-state index contributed by atoms with van der Waals surface area (Å²) >= 11 is 5.77. The molecule has 10 heteroatoms. The summed E-state index contributed by atoms with van der Waals surface area (Å²) in [7, 11) is 0. The average Bonchev–Trinajstić information content (AvgIpc) is 1.31. The van der Waals surface area contributed by atoms with Crippen LogP contribution in [0.2, 0.25) is 0 Å². The third-order valence-electron chi connectivity index (χ3n) is 30.1. The molecule has 628 valence electrons. The molecule has 0 N–H and O–H groups in total. The highest BCUT2D eigenvalue weighted by Gasteiger charge is 2.50.